The summed E-state index contributed by atoms with van der Waals surface area (Å²) < 4.78 is 16.6. The largest absolute Gasteiger partial charge is 0.335 e. The first-order valence-electron chi connectivity index (χ1n) is 4.42. The van der Waals surface area contributed by atoms with Crippen LogP contribution in [0.1, 0.15) is 13.8 Å². The zero-order chi connectivity index (χ0) is 12.5. The van der Waals surface area contributed by atoms with Gasteiger partial charge in [0.1, 0.15) is 0 Å². The highest BCUT2D eigenvalue weighted by atomic mass is 32.1. The Hall–Kier alpha value is -1.48. The smallest absolute Gasteiger partial charge is 0.168 e. The summed E-state index contributed by atoms with van der Waals surface area (Å²) in [7, 11) is 0. The van der Waals surface area contributed by atoms with Crippen LogP contribution in [0.5, 0.6) is 0 Å². The SMILES string of the molecule is C=C/C=C\C(C=C)=C/C=C.CC.O=S=O. The van der Waals surface area contributed by atoms with Crippen molar-refractivity contribution >= 4 is 11.6 Å². The van der Waals surface area contributed by atoms with Gasteiger partial charge in [0.05, 0.1) is 0 Å². The van der Waals surface area contributed by atoms with Gasteiger partial charge in [0.2, 0.25) is 0 Å². The normalized spacial score (nSPS) is 8.80. The molecule has 0 aliphatic carbocycles. The Morgan fingerprint density at radius 3 is 1.80 bits per heavy atom. The van der Waals surface area contributed by atoms with E-state index in [9.17, 15) is 0 Å². The maximum absolute atomic E-state index is 8.29. The Morgan fingerprint density at radius 1 is 1.07 bits per heavy atom. The van der Waals surface area contributed by atoms with Gasteiger partial charge in [-0.3, -0.25) is 0 Å². The lowest BCUT2D eigenvalue weighted by Gasteiger charge is -1.86. The fourth-order valence-corrected chi connectivity index (χ4v) is 0.507. The van der Waals surface area contributed by atoms with Gasteiger partial charge < -0.3 is 0 Å². The molecule has 0 aromatic rings. The van der Waals surface area contributed by atoms with E-state index in [-0.39, 0.29) is 0 Å². The summed E-state index contributed by atoms with van der Waals surface area (Å²) in [5.74, 6) is 0. The molecule has 0 spiro atoms. The van der Waals surface area contributed by atoms with Crippen LogP contribution in [0.25, 0.3) is 0 Å². The summed E-state index contributed by atoms with van der Waals surface area (Å²) in [6.45, 7) is 14.8. The molecule has 0 saturated carbocycles. The summed E-state index contributed by atoms with van der Waals surface area (Å²) in [5, 5.41) is 0. The van der Waals surface area contributed by atoms with Gasteiger partial charge in [0.25, 0.3) is 0 Å². The third-order valence-electron chi connectivity index (χ3n) is 0.971. The minimum absolute atomic E-state index is 0.750. The number of allylic oxidation sites excluding steroid dienone is 7. The fourth-order valence-electron chi connectivity index (χ4n) is 0.507. The van der Waals surface area contributed by atoms with Crippen molar-refractivity contribution in [2.75, 3.05) is 0 Å². The molecule has 84 valence electrons. The van der Waals surface area contributed by atoms with E-state index >= 15 is 0 Å². The molecule has 0 saturated heterocycles. The molecule has 0 rings (SSSR count). The molecule has 0 bridgehead atoms. The van der Waals surface area contributed by atoms with E-state index in [4.69, 9.17) is 8.42 Å². The van der Waals surface area contributed by atoms with Gasteiger partial charge >= 0.3 is 11.6 Å². The fraction of sp³-hybridized carbons (Fsp3) is 0.167. The molecular weight excluding hydrogens is 208 g/mol. The monoisotopic (exact) mass is 226 g/mol. The topological polar surface area (TPSA) is 34.1 Å². The zero-order valence-corrected chi connectivity index (χ0v) is 10.1. The molecule has 0 unspecified atom stereocenters. The van der Waals surface area contributed by atoms with E-state index in [0.29, 0.717) is 0 Å². The molecule has 0 fully saturated rings. The van der Waals surface area contributed by atoms with Crippen molar-refractivity contribution in [1.82, 2.24) is 0 Å². The Bertz CT molecular complexity index is 257. The molecule has 0 radical (unpaired) electrons. The van der Waals surface area contributed by atoms with Crippen LogP contribution in [0.3, 0.4) is 0 Å². The standard InChI is InChI=1S/C10H12.C2H6.O2S/c1-4-7-9-10(6-3)8-5-2;1-2;1-3-2/h4-9H,1-3H2;1-2H3;/b9-7-,10-8-;;. The maximum atomic E-state index is 8.29. The van der Waals surface area contributed by atoms with E-state index in [1.165, 1.54) is 0 Å². The minimum Gasteiger partial charge on any atom is -0.168 e. The van der Waals surface area contributed by atoms with Gasteiger partial charge in [-0.2, -0.15) is 8.42 Å². The van der Waals surface area contributed by atoms with Crippen LogP contribution in [0, 0.1) is 0 Å². The van der Waals surface area contributed by atoms with Crippen molar-refractivity contribution in [2.24, 2.45) is 0 Å². The first-order chi connectivity index (χ1) is 7.26. The molecule has 2 nitrogen and oxygen atoms in total. The van der Waals surface area contributed by atoms with Gasteiger partial charge in [-0.1, -0.05) is 70.0 Å². The first-order valence-corrected chi connectivity index (χ1v) is 5.09. The molecule has 0 aliphatic rings. The molecule has 0 aliphatic heterocycles. The molecule has 15 heavy (non-hydrogen) atoms. The van der Waals surface area contributed by atoms with Crippen molar-refractivity contribution in [1.29, 1.82) is 0 Å². The molecule has 0 aromatic heterocycles. The van der Waals surface area contributed by atoms with Crippen LogP contribution in [0.4, 0.5) is 0 Å². The van der Waals surface area contributed by atoms with E-state index in [1.807, 2.05) is 32.1 Å². The molecule has 0 amide bonds. The Morgan fingerprint density at radius 2 is 1.53 bits per heavy atom. The summed E-state index contributed by atoms with van der Waals surface area (Å²) >= 11 is -0.750. The van der Waals surface area contributed by atoms with Gasteiger partial charge in [-0.05, 0) is 5.57 Å². The molecule has 3 heteroatoms. The molecular formula is C12H18O2S. The second-order valence-electron chi connectivity index (χ2n) is 1.77. The maximum Gasteiger partial charge on any atom is 0.335 e. The van der Waals surface area contributed by atoms with Crippen LogP contribution in [-0.4, -0.2) is 8.42 Å². The highest BCUT2D eigenvalue weighted by Crippen LogP contribution is 1.97. The predicted molar refractivity (Wildman–Crippen MR) is 68.1 cm³/mol. The van der Waals surface area contributed by atoms with Crippen LogP contribution < -0.4 is 0 Å². The quantitative estimate of drug-likeness (QED) is 0.689. The molecule has 0 heterocycles. The second kappa shape index (κ2) is 22.9. The molecule has 0 N–H and O–H groups in total. The van der Waals surface area contributed by atoms with E-state index in [1.54, 1.807) is 18.2 Å². The Balaban J connectivity index is -0.000000245. The van der Waals surface area contributed by atoms with Crippen molar-refractivity contribution in [3.05, 3.63) is 61.8 Å². The number of hydrogen-bond donors (Lipinski definition) is 0. The lowest BCUT2D eigenvalue weighted by molar-refractivity contribution is 0.630. The van der Waals surface area contributed by atoms with Crippen molar-refractivity contribution in [2.45, 2.75) is 13.8 Å². The van der Waals surface area contributed by atoms with Gasteiger partial charge in [0, 0.05) is 0 Å². The first kappa shape index (κ1) is 19.1. The van der Waals surface area contributed by atoms with Crippen LogP contribution >= 0.6 is 0 Å². The van der Waals surface area contributed by atoms with Gasteiger partial charge in [-0.25, -0.2) is 0 Å². The minimum atomic E-state index is -0.750. The van der Waals surface area contributed by atoms with Crippen molar-refractivity contribution in [3.8, 4) is 0 Å². The zero-order valence-electron chi connectivity index (χ0n) is 9.31. The summed E-state index contributed by atoms with van der Waals surface area (Å²) in [4.78, 5) is 0. The number of rotatable bonds is 4. The Kier molecular flexibility index (Phi) is 29.2. The van der Waals surface area contributed by atoms with E-state index in [2.05, 4.69) is 19.7 Å². The lowest BCUT2D eigenvalue weighted by atomic mass is 10.2. The highest BCUT2D eigenvalue weighted by Gasteiger charge is 1.77. The Labute approximate surface area is 96.0 Å². The third kappa shape index (κ3) is 24.5. The average Bonchev–Trinajstić information content (AvgIpc) is 2.28. The van der Waals surface area contributed by atoms with E-state index < -0.39 is 11.6 Å². The van der Waals surface area contributed by atoms with Gasteiger partial charge in [-0.15, -0.1) is 0 Å². The summed E-state index contributed by atoms with van der Waals surface area (Å²) in [5.41, 5.74) is 1.04. The second-order valence-corrected chi connectivity index (χ2v) is 1.91. The van der Waals surface area contributed by atoms with E-state index in [0.717, 1.165) is 5.57 Å². The van der Waals surface area contributed by atoms with Crippen molar-refractivity contribution < 1.29 is 8.42 Å². The molecule has 0 atom stereocenters. The average molecular weight is 226 g/mol. The highest BCUT2D eigenvalue weighted by molar-refractivity contribution is 7.51. The van der Waals surface area contributed by atoms with Crippen LogP contribution in [0.2, 0.25) is 0 Å². The predicted octanol–water partition coefficient (Wildman–Crippen LogP) is 3.38. The summed E-state index contributed by atoms with van der Waals surface area (Å²) in [6.07, 6.45) is 10.9. The molecule has 0 aromatic carbocycles. The lowest BCUT2D eigenvalue weighted by Crippen LogP contribution is -1.65. The number of hydrogen-bond acceptors (Lipinski definition) is 2. The van der Waals surface area contributed by atoms with Crippen molar-refractivity contribution in [3.63, 3.8) is 0 Å². The van der Waals surface area contributed by atoms with Crippen LogP contribution in [-0.2, 0) is 11.6 Å². The third-order valence-corrected chi connectivity index (χ3v) is 0.971. The van der Waals surface area contributed by atoms with Gasteiger partial charge in [0.15, 0.2) is 0 Å². The van der Waals surface area contributed by atoms with Crippen LogP contribution in [0.15, 0.2) is 61.8 Å². The summed E-state index contributed by atoms with van der Waals surface area (Å²) in [6, 6.07) is 0.